The summed E-state index contributed by atoms with van der Waals surface area (Å²) in [6.07, 6.45) is 1.69. The molecule has 0 fully saturated rings. The molecule has 0 spiro atoms. The van der Waals surface area contributed by atoms with Gasteiger partial charge in [-0.15, -0.1) is 5.10 Å². The maximum Gasteiger partial charge on any atom is 0.227 e. The highest BCUT2D eigenvalue weighted by molar-refractivity contribution is 7.98. The normalized spacial score (nSPS) is 18.2. The molecule has 0 saturated heterocycles. The number of hydrogen-bond donors (Lipinski definition) is 1. The predicted octanol–water partition coefficient (Wildman–Crippen LogP) is 6.19. The van der Waals surface area contributed by atoms with E-state index in [1.54, 1.807) is 7.11 Å². The number of benzene rings is 3. The van der Waals surface area contributed by atoms with E-state index >= 15 is 0 Å². The Balaban J connectivity index is 1.62. The third-order valence-corrected chi connectivity index (χ3v) is 7.14. The Labute approximate surface area is 209 Å². The quantitative estimate of drug-likeness (QED) is 0.350. The summed E-state index contributed by atoms with van der Waals surface area (Å²) in [5, 5.41) is 9.22. The number of aromatic nitrogens is 3. The summed E-state index contributed by atoms with van der Waals surface area (Å²) >= 11 is 1.54. The van der Waals surface area contributed by atoms with E-state index in [1.807, 2.05) is 23.1 Å². The smallest absolute Gasteiger partial charge is 0.227 e. The van der Waals surface area contributed by atoms with Crippen molar-refractivity contribution in [3.05, 3.63) is 100 Å². The molecule has 0 bridgehead atoms. The van der Waals surface area contributed by atoms with Crippen molar-refractivity contribution in [3.8, 4) is 11.5 Å². The molecule has 7 heteroatoms. The molecular weight excluding hydrogens is 456 g/mol. The highest BCUT2D eigenvalue weighted by Crippen LogP contribution is 2.51. The highest BCUT2D eigenvalue weighted by Gasteiger charge is 2.41. The Bertz CT molecular complexity index is 1440. The summed E-state index contributed by atoms with van der Waals surface area (Å²) in [4.78, 5) is 4.78. The molecule has 2 atom stereocenters. The highest BCUT2D eigenvalue weighted by atomic mass is 32.2. The predicted molar refractivity (Wildman–Crippen MR) is 139 cm³/mol. The van der Waals surface area contributed by atoms with Gasteiger partial charge in [0.15, 0.2) is 0 Å². The number of hydrogen-bond acceptors (Lipinski definition) is 6. The number of nitrogens with one attached hydrogen (secondary N) is 1. The molecule has 35 heavy (non-hydrogen) atoms. The van der Waals surface area contributed by atoms with Crippen molar-refractivity contribution in [1.82, 2.24) is 14.8 Å². The molecule has 3 aromatic carbocycles. The van der Waals surface area contributed by atoms with Gasteiger partial charge in [-0.2, -0.15) is 4.98 Å². The van der Waals surface area contributed by atoms with Crippen LogP contribution in [0.25, 0.3) is 5.70 Å². The lowest BCUT2D eigenvalue weighted by Crippen LogP contribution is -2.32. The fraction of sp³-hybridized carbons (Fsp3) is 0.214. The van der Waals surface area contributed by atoms with E-state index < -0.39 is 0 Å². The minimum Gasteiger partial charge on any atom is -0.497 e. The Morgan fingerprint density at radius 1 is 0.943 bits per heavy atom. The summed E-state index contributed by atoms with van der Waals surface area (Å²) in [7, 11) is 1.68. The second kappa shape index (κ2) is 8.50. The Hall–Kier alpha value is -3.71. The van der Waals surface area contributed by atoms with Gasteiger partial charge in [-0.25, -0.2) is 4.68 Å². The Morgan fingerprint density at radius 3 is 2.37 bits per heavy atom. The molecular formula is C28H26N4O2S. The van der Waals surface area contributed by atoms with Gasteiger partial charge in [-0.3, -0.25) is 0 Å². The van der Waals surface area contributed by atoms with Crippen molar-refractivity contribution >= 4 is 23.4 Å². The van der Waals surface area contributed by atoms with E-state index in [0.29, 0.717) is 0 Å². The third kappa shape index (κ3) is 3.67. The average Bonchev–Trinajstić information content (AvgIpc) is 3.31. The molecule has 0 amide bonds. The zero-order valence-electron chi connectivity index (χ0n) is 20.1. The summed E-state index contributed by atoms with van der Waals surface area (Å²) < 4.78 is 14.1. The summed E-state index contributed by atoms with van der Waals surface area (Å²) in [6.45, 7) is 4.21. The van der Waals surface area contributed by atoms with Gasteiger partial charge in [-0.1, -0.05) is 65.4 Å². The molecule has 6 nitrogen and oxygen atoms in total. The van der Waals surface area contributed by atoms with Crippen LogP contribution in [0.5, 0.6) is 11.5 Å². The van der Waals surface area contributed by atoms with Crippen LogP contribution in [0.1, 0.15) is 40.0 Å². The molecule has 1 N–H and O–H groups in total. The van der Waals surface area contributed by atoms with Crippen LogP contribution in [-0.2, 0) is 0 Å². The van der Waals surface area contributed by atoms with Crippen LogP contribution in [0, 0.1) is 13.8 Å². The lowest BCUT2D eigenvalue weighted by atomic mass is 9.84. The average molecular weight is 483 g/mol. The first-order valence-electron chi connectivity index (χ1n) is 11.6. The van der Waals surface area contributed by atoms with E-state index in [9.17, 15) is 0 Å². The minimum absolute atomic E-state index is 0.170. The molecule has 0 saturated carbocycles. The van der Waals surface area contributed by atoms with Crippen LogP contribution >= 0.6 is 11.8 Å². The van der Waals surface area contributed by atoms with Gasteiger partial charge in [0.1, 0.15) is 23.6 Å². The van der Waals surface area contributed by atoms with Crippen LogP contribution in [0.4, 0.5) is 5.95 Å². The maximum absolute atomic E-state index is 6.73. The van der Waals surface area contributed by atoms with Crippen molar-refractivity contribution in [2.45, 2.75) is 31.1 Å². The molecule has 2 aliphatic rings. The van der Waals surface area contributed by atoms with Gasteiger partial charge in [0, 0.05) is 11.1 Å². The van der Waals surface area contributed by atoms with Crippen LogP contribution in [0.15, 0.2) is 77.5 Å². The monoisotopic (exact) mass is 482 g/mol. The van der Waals surface area contributed by atoms with Gasteiger partial charge in [0.2, 0.25) is 11.1 Å². The Morgan fingerprint density at radius 2 is 1.66 bits per heavy atom. The zero-order chi connectivity index (χ0) is 24.1. The van der Waals surface area contributed by atoms with Crippen LogP contribution in [0.3, 0.4) is 0 Å². The van der Waals surface area contributed by atoms with Gasteiger partial charge >= 0.3 is 0 Å². The summed E-state index contributed by atoms with van der Waals surface area (Å²) in [5.41, 5.74) is 7.78. The van der Waals surface area contributed by atoms with Gasteiger partial charge < -0.3 is 14.8 Å². The zero-order valence-corrected chi connectivity index (χ0v) is 20.9. The summed E-state index contributed by atoms with van der Waals surface area (Å²) in [6, 6.07) is 22.9. The van der Waals surface area contributed by atoms with Crippen molar-refractivity contribution in [1.29, 1.82) is 0 Å². The van der Waals surface area contributed by atoms with Crippen molar-refractivity contribution in [2.75, 3.05) is 18.7 Å². The summed E-state index contributed by atoms with van der Waals surface area (Å²) in [5.74, 6) is 2.40. The van der Waals surface area contributed by atoms with E-state index in [4.69, 9.17) is 19.6 Å². The molecule has 176 valence electrons. The first kappa shape index (κ1) is 21.8. The number of aryl methyl sites for hydroxylation is 2. The lowest BCUT2D eigenvalue weighted by Gasteiger charge is -2.39. The second-order valence-electron chi connectivity index (χ2n) is 8.91. The fourth-order valence-corrected chi connectivity index (χ4v) is 5.18. The number of nitrogens with zero attached hydrogens (tertiary/aromatic N) is 3. The van der Waals surface area contributed by atoms with E-state index in [2.05, 4.69) is 73.8 Å². The molecule has 0 unspecified atom stereocenters. The number of thioether (sulfide) groups is 1. The van der Waals surface area contributed by atoms with Crippen LogP contribution in [-0.4, -0.2) is 28.1 Å². The van der Waals surface area contributed by atoms with Crippen LogP contribution < -0.4 is 14.8 Å². The third-order valence-electron chi connectivity index (χ3n) is 6.60. The van der Waals surface area contributed by atoms with Crippen molar-refractivity contribution in [3.63, 3.8) is 0 Å². The van der Waals surface area contributed by atoms with Crippen molar-refractivity contribution in [2.24, 2.45) is 0 Å². The first-order valence-corrected chi connectivity index (χ1v) is 12.8. The molecule has 4 aromatic rings. The topological polar surface area (TPSA) is 61.2 Å². The van der Waals surface area contributed by atoms with Gasteiger partial charge in [0.25, 0.3) is 0 Å². The van der Waals surface area contributed by atoms with Crippen LogP contribution in [0.2, 0.25) is 0 Å². The number of anilines is 1. The standard InChI is InChI=1S/C28H26N4O2S/c1-16-5-8-18(9-6-16)25-23-24(29-27-30-28(35-4)31-32(25)27)21-15-17(2)7-14-22(21)34-26(23)19-10-12-20(33-3)13-11-19/h5-15,25-26H,1-4H3,(H,29,30,31)/t25-,26+/m1/s1. The SMILES string of the molecule is COc1ccc([C@@H]2Oc3ccc(C)cc3C3=C2[C@@H](c2ccc(C)cc2)n2nc(SC)nc2N3)cc1. The molecule has 0 aliphatic carbocycles. The fourth-order valence-electron chi connectivity index (χ4n) is 4.83. The number of ether oxygens (including phenoxy) is 2. The number of methoxy groups -OCH3 is 1. The molecule has 6 rings (SSSR count). The number of fused-ring (bicyclic) bond motifs is 3. The Kier molecular flexibility index (Phi) is 5.29. The van der Waals surface area contributed by atoms with E-state index in [1.165, 1.54) is 22.9 Å². The molecule has 0 radical (unpaired) electrons. The molecule has 2 aliphatic heterocycles. The largest absolute Gasteiger partial charge is 0.497 e. The number of rotatable bonds is 4. The van der Waals surface area contributed by atoms with E-state index in [0.717, 1.165) is 50.6 Å². The first-order chi connectivity index (χ1) is 17.1. The lowest BCUT2D eigenvalue weighted by molar-refractivity contribution is 0.222. The second-order valence-corrected chi connectivity index (χ2v) is 9.68. The van der Waals surface area contributed by atoms with Gasteiger partial charge in [0.05, 0.1) is 12.8 Å². The van der Waals surface area contributed by atoms with E-state index in [-0.39, 0.29) is 12.1 Å². The minimum atomic E-state index is -0.306. The van der Waals surface area contributed by atoms with Crippen molar-refractivity contribution < 1.29 is 9.47 Å². The maximum atomic E-state index is 6.73. The molecule has 1 aromatic heterocycles. The van der Waals surface area contributed by atoms with Gasteiger partial charge in [-0.05, 0) is 55.5 Å². The molecule has 3 heterocycles.